The Morgan fingerprint density at radius 1 is 1.26 bits per heavy atom. The fourth-order valence-corrected chi connectivity index (χ4v) is 3.12. The van der Waals surface area contributed by atoms with E-state index in [0.29, 0.717) is 18.8 Å². The Kier molecular flexibility index (Phi) is 4.88. The monoisotopic (exact) mass is 311 g/mol. The number of carbonyl (C=O) groups is 1. The van der Waals surface area contributed by atoms with Crippen molar-refractivity contribution in [3.63, 3.8) is 0 Å². The van der Waals surface area contributed by atoms with E-state index < -0.39 is 0 Å². The molecule has 0 saturated heterocycles. The van der Waals surface area contributed by atoms with Crippen molar-refractivity contribution in [2.45, 2.75) is 25.3 Å². The summed E-state index contributed by atoms with van der Waals surface area (Å²) in [7, 11) is 0. The Morgan fingerprint density at radius 2 is 2.09 bits per heavy atom. The van der Waals surface area contributed by atoms with E-state index in [0.717, 1.165) is 12.8 Å². The molecular formula is C18H21N3O2. The van der Waals surface area contributed by atoms with Crippen LogP contribution in [-0.4, -0.2) is 34.2 Å². The normalized spacial score (nSPS) is 16.0. The van der Waals surface area contributed by atoms with Gasteiger partial charge in [-0.05, 0) is 42.5 Å². The summed E-state index contributed by atoms with van der Waals surface area (Å²) in [5.74, 6) is 0.540. The van der Waals surface area contributed by atoms with Crippen molar-refractivity contribution in [3.8, 4) is 0 Å². The second-order valence-corrected chi connectivity index (χ2v) is 5.67. The van der Waals surface area contributed by atoms with Crippen molar-refractivity contribution < 1.29 is 9.90 Å². The maximum absolute atomic E-state index is 12.7. The van der Waals surface area contributed by atoms with Gasteiger partial charge in [0.1, 0.15) is 5.82 Å². The van der Waals surface area contributed by atoms with Crippen LogP contribution in [0.25, 0.3) is 0 Å². The second kappa shape index (κ2) is 7.24. The molecule has 5 nitrogen and oxygen atoms in total. The molecule has 3 rings (SSSR count). The van der Waals surface area contributed by atoms with Crippen LogP contribution in [0, 0.1) is 0 Å². The number of nitrogens with zero attached hydrogens (tertiary/aromatic N) is 2. The number of fused-ring (bicyclic) bond motifs is 1. The zero-order chi connectivity index (χ0) is 16.1. The number of aliphatic hydroxyl groups is 1. The molecule has 5 heteroatoms. The summed E-state index contributed by atoms with van der Waals surface area (Å²) < 4.78 is 0. The molecule has 2 amide bonds. The highest BCUT2D eigenvalue weighted by Crippen LogP contribution is 2.35. The van der Waals surface area contributed by atoms with Crippen LogP contribution in [0.3, 0.4) is 0 Å². The zero-order valence-corrected chi connectivity index (χ0v) is 13.0. The van der Waals surface area contributed by atoms with Crippen LogP contribution in [-0.2, 0) is 6.42 Å². The van der Waals surface area contributed by atoms with Crippen molar-refractivity contribution in [2.75, 3.05) is 18.5 Å². The number of hydrogen-bond acceptors (Lipinski definition) is 3. The smallest absolute Gasteiger partial charge is 0.323 e. The van der Waals surface area contributed by atoms with Gasteiger partial charge < -0.3 is 10.0 Å². The summed E-state index contributed by atoms with van der Waals surface area (Å²) in [6.45, 7) is 0.593. The lowest BCUT2D eigenvalue weighted by Crippen LogP contribution is -2.38. The molecule has 1 aliphatic carbocycles. The number of amides is 2. The van der Waals surface area contributed by atoms with Gasteiger partial charge in [-0.1, -0.05) is 30.3 Å². The molecule has 2 N–H and O–H groups in total. The SMILES string of the molecule is O=C(Nc1ccccn1)N(CCCO)C1CCc2ccccc21. The summed E-state index contributed by atoms with van der Waals surface area (Å²) in [5.41, 5.74) is 2.51. The number of nitrogens with one attached hydrogen (secondary N) is 1. The fourth-order valence-electron chi connectivity index (χ4n) is 3.12. The molecule has 1 atom stereocenters. The van der Waals surface area contributed by atoms with Crippen LogP contribution in [0.4, 0.5) is 10.6 Å². The summed E-state index contributed by atoms with van der Waals surface area (Å²) in [6, 6.07) is 13.6. The molecule has 0 bridgehead atoms. The van der Waals surface area contributed by atoms with Gasteiger partial charge in [0.2, 0.25) is 0 Å². The number of aryl methyl sites for hydroxylation is 1. The average Bonchev–Trinajstić information content (AvgIpc) is 3.00. The molecule has 0 fully saturated rings. The van der Waals surface area contributed by atoms with Crippen molar-refractivity contribution in [3.05, 3.63) is 59.8 Å². The van der Waals surface area contributed by atoms with E-state index >= 15 is 0 Å². The Bertz CT molecular complexity index is 660. The first kappa shape index (κ1) is 15.5. The minimum absolute atomic E-state index is 0.0569. The van der Waals surface area contributed by atoms with E-state index in [1.807, 2.05) is 29.2 Å². The Balaban J connectivity index is 1.79. The third kappa shape index (κ3) is 3.51. The van der Waals surface area contributed by atoms with Gasteiger partial charge in [-0.2, -0.15) is 0 Å². The van der Waals surface area contributed by atoms with Crippen LogP contribution < -0.4 is 5.32 Å². The predicted molar refractivity (Wildman–Crippen MR) is 89.2 cm³/mol. The van der Waals surface area contributed by atoms with Gasteiger partial charge in [0.15, 0.2) is 0 Å². The van der Waals surface area contributed by atoms with E-state index in [9.17, 15) is 4.79 Å². The number of rotatable bonds is 5. The molecule has 1 aromatic heterocycles. The number of hydrogen-bond donors (Lipinski definition) is 2. The highest BCUT2D eigenvalue weighted by atomic mass is 16.3. The lowest BCUT2D eigenvalue weighted by molar-refractivity contribution is 0.177. The quantitative estimate of drug-likeness (QED) is 0.892. The molecule has 120 valence electrons. The lowest BCUT2D eigenvalue weighted by atomic mass is 10.1. The number of urea groups is 1. The third-order valence-corrected chi connectivity index (χ3v) is 4.20. The predicted octanol–water partition coefficient (Wildman–Crippen LogP) is 2.99. The molecule has 1 aromatic carbocycles. The molecule has 1 heterocycles. The first-order valence-electron chi connectivity index (χ1n) is 7.97. The number of benzene rings is 1. The summed E-state index contributed by atoms with van der Waals surface area (Å²) in [6.07, 6.45) is 4.11. The summed E-state index contributed by atoms with van der Waals surface area (Å²) in [4.78, 5) is 18.7. The standard InChI is InChI=1S/C18H21N3O2/c22-13-5-12-21(18(23)20-17-8-3-4-11-19-17)16-10-9-14-6-1-2-7-15(14)16/h1-4,6-8,11,16,22H,5,9-10,12-13H2,(H,19,20,23). The van der Waals surface area contributed by atoms with E-state index in [1.54, 1.807) is 12.3 Å². The lowest BCUT2D eigenvalue weighted by Gasteiger charge is -2.29. The first-order chi connectivity index (χ1) is 11.3. The Labute approximate surface area is 136 Å². The van der Waals surface area contributed by atoms with Crippen molar-refractivity contribution in [2.24, 2.45) is 0 Å². The number of pyridine rings is 1. The maximum Gasteiger partial charge on any atom is 0.323 e. The van der Waals surface area contributed by atoms with Gasteiger partial charge in [0.25, 0.3) is 0 Å². The van der Waals surface area contributed by atoms with Crippen LogP contribution in [0.15, 0.2) is 48.7 Å². The van der Waals surface area contributed by atoms with Gasteiger partial charge in [-0.15, -0.1) is 0 Å². The zero-order valence-electron chi connectivity index (χ0n) is 13.0. The van der Waals surface area contributed by atoms with E-state index in [1.165, 1.54) is 11.1 Å². The van der Waals surface area contributed by atoms with E-state index in [4.69, 9.17) is 5.11 Å². The van der Waals surface area contributed by atoms with Crippen LogP contribution in [0.2, 0.25) is 0 Å². The van der Waals surface area contributed by atoms with Crippen LogP contribution in [0.5, 0.6) is 0 Å². The van der Waals surface area contributed by atoms with Gasteiger partial charge in [-0.3, -0.25) is 5.32 Å². The van der Waals surface area contributed by atoms with Gasteiger partial charge >= 0.3 is 6.03 Å². The Hall–Kier alpha value is -2.40. The number of carbonyl (C=O) groups excluding carboxylic acids is 1. The van der Waals surface area contributed by atoms with Crippen LogP contribution >= 0.6 is 0 Å². The number of anilines is 1. The fraction of sp³-hybridized carbons (Fsp3) is 0.333. The molecule has 1 aliphatic rings. The van der Waals surface area contributed by atoms with Crippen molar-refractivity contribution in [1.82, 2.24) is 9.88 Å². The third-order valence-electron chi connectivity index (χ3n) is 4.20. The average molecular weight is 311 g/mol. The highest BCUT2D eigenvalue weighted by Gasteiger charge is 2.30. The minimum atomic E-state index is -0.168. The highest BCUT2D eigenvalue weighted by molar-refractivity contribution is 5.88. The van der Waals surface area contributed by atoms with Crippen LogP contribution in [0.1, 0.15) is 30.0 Å². The first-order valence-corrected chi connectivity index (χ1v) is 7.97. The molecule has 0 spiro atoms. The molecule has 23 heavy (non-hydrogen) atoms. The van der Waals surface area contributed by atoms with Crippen molar-refractivity contribution >= 4 is 11.8 Å². The number of aliphatic hydroxyl groups excluding tert-OH is 1. The molecular weight excluding hydrogens is 290 g/mol. The molecule has 1 unspecified atom stereocenters. The van der Waals surface area contributed by atoms with Gasteiger partial charge in [-0.25, -0.2) is 9.78 Å². The minimum Gasteiger partial charge on any atom is -0.396 e. The number of aromatic nitrogens is 1. The van der Waals surface area contributed by atoms with E-state index in [2.05, 4.69) is 22.4 Å². The molecule has 0 radical (unpaired) electrons. The van der Waals surface area contributed by atoms with E-state index in [-0.39, 0.29) is 18.7 Å². The van der Waals surface area contributed by atoms with Crippen molar-refractivity contribution in [1.29, 1.82) is 0 Å². The Morgan fingerprint density at radius 3 is 2.87 bits per heavy atom. The second-order valence-electron chi connectivity index (χ2n) is 5.67. The molecule has 2 aromatic rings. The topological polar surface area (TPSA) is 65.5 Å². The van der Waals surface area contributed by atoms with Gasteiger partial charge in [0, 0.05) is 19.3 Å². The largest absolute Gasteiger partial charge is 0.396 e. The summed E-state index contributed by atoms with van der Waals surface area (Å²) >= 11 is 0. The van der Waals surface area contributed by atoms with Gasteiger partial charge in [0.05, 0.1) is 6.04 Å². The summed E-state index contributed by atoms with van der Waals surface area (Å²) in [5, 5.41) is 12.0. The molecule has 0 saturated carbocycles. The molecule has 0 aliphatic heterocycles. The maximum atomic E-state index is 12.7.